The summed E-state index contributed by atoms with van der Waals surface area (Å²) in [5.74, 6) is 0.549. The number of piperidine rings is 1. The average Bonchev–Trinajstić information content (AvgIpc) is 2.59. The van der Waals surface area contributed by atoms with E-state index in [4.69, 9.17) is 11.6 Å². The van der Waals surface area contributed by atoms with E-state index in [1.807, 2.05) is 17.9 Å². The molecule has 2 heterocycles. The predicted molar refractivity (Wildman–Crippen MR) is 98.8 cm³/mol. The van der Waals surface area contributed by atoms with E-state index in [1.165, 1.54) is 6.33 Å². The zero-order valence-electron chi connectivity index (χ0n) is 14.2. The standard InChI is InChI=1S/C17H20ClN5O2/c1-11-6-3-4-9-22(11)17-15(23(24)25)16(19-10-20-17)21-14-8-5-7-13(18)12(14)2/h5,7-8,10-11H,3-4,6,9H2,1-2H3,(H,19,20,21). The zero-order valence-corrected chi connectivity index (χ0v) is 15.0. The van der Waals surface area contributed by atoms with Gasteiger partial charge < -0.3 is 10.2 Å². The molecular weight excluding hydrogens is 342 g/mol. The Bertz CT molecular complexity index is 799. The first kappa shape index (κ1) is 17.4. The Labute approximate surface area is 151 Å². The predicted octanol–water partition coefficient (Wildman–Crippen LogP) is 4.47. The van der Waals surface area contributed by atoms with Crippen molar-refractivity contribution in [2.24, 2.45) is 0 Å². The SMILES string of the molecule is Cc1c(Cl)cccc1Nc1ncnc(N2CCCCC2C)c1[N+](=O)[O-]. The minimum absolute atomic E-state index is 0.101. The van der Waals surface area contributed by atoms with Crippen LogP contribution in [0.1, 0.15) is 31.7 Å². The number of rotatable bonds is 4. The summed E-state index contributed by atoms with van der Waals surface area (Å²) in [4.78, 5) is 21.7. The molecule has 1 atom stereocenters. The van der Waals surface area contributed by atoms with Crippen molar-refractivity contribution in [2.75, 3.05) is 16.8 Å². The van der Waals surface area contributed by atoms with Crippen molar-refractivity contribution in [3.05, 3.63) is 45.2 Å². The molecule has 25 heavy (non-hydrogen) atoms. The van der Waals surface area contributed by atoms with E-state index in [2.05, 4.69) is 22.2 Å². The summed E-state index contributed by atoms with van der Waals surface area (Å²) < 4.78 is 0. The molecule has 0 amide bonds. The van der Waals surface area contributed by atoms with E-state index in [0.717, 1.165) is 31.4 Å². The molecule has 1 aromatic carbocycles. The van der Waals surface area contributed by atoms with Crippen LogP contribution in [0.4, 0.5) is 23.0 Å². The number of nitrogens with one attached hydrogen (secondary N) is 1. The van der Waals surface area contributed by atoms with Crippen LogP contribution in [0.3, 0.4) is 0 Å². The van der Waals surface area contributed by atoms with Gasteiger partial charge in [0.15, 0.2) is 0 Å². The minimum atomic E-state index is -0.418. The van der Waals surface area contributed by atoms with E-state index in [9.17, 15) is 10.1 Å². The molecule has 1 aromatic heterocycles. The van der Waals surface area contributed by atoms with Crippen LogP contribution in [0, 0.1) is 17.0 Å². The molecule has 1 N–H and O–H groups in total. The van der Waals surface area contributed by atoms with Crippen molar-refractivity contribution < 1.29 is 4.92 Å². The molecule has 0 radical (unpaired) electrons. The van der Waals surface area contributed by atoms with Gasteiger partial charge in [-0.05, 0) is 50.8 Å². The van der Waals surface area contributed by atoms with E-state index in [1.54, 1.807) is 12.1 Å². The number of benzene rings is 1. The van der Waals surface area contributed by atoms with Crippen LogP contribution in [0.2, 0.25) is 5.02 Å². The summed E-state index contributed by atoms with van der Waals surface area (Å²) >= 11 is 6.14. The second-order valence-corrected chi connectivity index (χ2v) is 6.63. The molecule has 1 saturated heterocycles. The molecule has 0 spiro atoms. The first-order valence-corrected chi connectivity index (χ1v) is 8.65. The van der Waals surface area contributed by atoms with Crippen LogP contribution in [0.25, 0.3) is 0 Å². The van der Waals surface area contributed by atoms with Crippen LogP contribution < -0.4 is 10.2 Å². The fourth-order valence-corrected chi connectivity index (χ4v) is 3.30. The Hall–Kier alpha value is -2.41. The molecule has 1 aliphatic rings. The van der Waals surface area contributed by atoms with Crippen LogP contribution in [0.15, 0.2) is 24.5 Å². The number of aromatic nitrogens is 2. The van der Waals surface area contributed by atoms with Crippen molar-refractivity contribution in [3.8, 4) is 0 Å². The lowest BCUT2D eigenvalue weighted by Crippen LogP contribution is -2.38. The summed E-state index contributed by atoms with van der Waals surface area (Å²) in [6, 6.07) is 5.59. The van der Waals surface area contributed by atoms with Crippen LogP contribution >= 0.6 is 11.6 Å². The quantitative estimate of drug-likeness (QED) is 0.638. The number of hydrogen-bond acceptors (Lipinski definition) is 6. The second kappa shape index (κ2) is 7.23. The van der Waals surface area contributed by atoms with Gasteiger partial charge in [-0.3, -0.25) is 10.1 Å². The second-order valence-electron chi connectivity index (χ2n) is 6.23. The maximum absolute atomic E-state index is 11.8. The normalized spacial score (nSPS) is 17.4. The lowest BCUT2D eigenvalue weighted by atomic mass is 10.0. The lowest BCUT2D eigenvalue weighted by molar-refractivity contribution is -0.383. The van der Waals surface area contributed by atoms with Crippen LogP contribution in [-0.4, -0.2) is 27.5 Å². The molecule has 0 aliphatic carbocycles. The number of nitro groups is 1. The van der Waals surface area contributed by atoms with Gasteiger partial charge in [0.25, 0.3) is 0 Å². The average molecular weight is 362 g/mol. The summed E-state index contributed by atoms with van der Waals surface area (Å²) in [6.07, 6.45) is 4.49. The van der Waals surface area contributed by atoms with Crippen molar-refractivity contribution >= 4 is 34.6 Å². The summed E-state index contributed by atoms with van der Waals surface area (Å²) in [5.41, 5.74) is 1.40. The molecular formula is C17H20ClN5O2. The molecule has 7 nitrogen and oxygen atoms in total. The Morgan fingerprint density at radius 1 is 1.36 bits per heavy atom. The molecule has 8 heteroatoms. The highest BCUT2D eigenvalue weighted by molar-refractivity contribution is 6.31. The largest absolute Gasteiger partial charge is 0.353 e. The van der Waals surface area contributed by atoms with E-state index < -0.39 is 4.92 Å². The smallest absolute Gasteiger partial charge is 0.348 e. The third-order valence-electron chi connectivity index (χ3n) is 4.58. The molecule has 3 rings (SSSR count). The maximum Gasteiger partial charge on any atom is 0.353 e. The fraction of sp³-hybridized carbons (Fsp3) is 0.412. The summed E-state index contributed by atoms with van der Waals surface area (Å²) in [7, 11) is 0. The van der Waals surface area contributed by atoms with Gasteiger partial charge in [-0.25, -0.2) is 9.97 Å². The van der Waals surface area contributed by atoms with E-state index in [-0.39, 0.29) is 17.5 Å². The van der Waals surface area contributed by atoms with Crippen molar-refractivity contribution in [1.29, 1.82) is 0 Å². The van der Waals surface area contributed by atoms with E-state index >= 15 is 0 Å². The van der Waals surface area contributed by atoms with Crippen LogP contribution in [0.5, 0.6) is 0 Å². The number of halogens is 1. The fourth-order valence-electron chi connectivity index (χ4n) is 3.12. The van der Waals surface area contributed by atoms with Gasteiger partial charge in [0.2, 0.25) is 11.6 Å². The molecule has 0 bridgehead atoms. The van der Waals surface area contributed by atoms with Crippen molar-refractivity contribution in [3.63, 3.8) is 0 Å². The summed E-state index contributed by atoms with van der Waals surface area (Å²) in [6.45, 7) is 4.68. The first-order chi connectivity index (χ1) is 12.0. The number of nitrogens with zero attached hydrogens (tertiary/aromatic N) is 4. The Morgan fingerprint density at radius 2 is 2.16 bits per heavy atom. The highest BCUT2D eigenvalue weighted by Gasteiger charge is 2.31. The maximum atomic E-state index is 11.8. The van der Waals surface area contributed by atoms with Gasteiger partial charge in [0, 0.05) is 23.3 Å². The highest BCUT2D eigenvalue weighted by atomic mass is 35.5. The van der Waals surface area contributed by atoms with Crippen molar-refractivity contribution in [2.45, 2.75) is 39.2 Å². The van der Waals surface area contributed by atoms with Gasteiger partial charge >= 0.3 is 5.69 Å². The number of anilines is 3. The van der Waals surface area contributed by atoms with E-state index in [0.29, 0.717) is 16.5 Å². The molecule has 1 unspecified atom stereocenters. The monoisotopic (exact) mass is 361 g/mol. The molecule has 1 aliphatic heterocycles. The molecule has 2 aromatic rings. The third-order valence-corrected chi connectivity index (χ3v) is 4.99. The Balaban J connectivity index is 2.04. The third kappa shape index (κ3) is 3.51. The van der Waals surface area contributed by atoms with Gasteiger partial charge in [-0.1, -0.05) is 17.7 Å². The van der Waals surface area contributed by atoms with Gasteiger partial charge in [0.1, 0.15) is 6.33 Å². The molecule has 0 saturated carbocycles. The highest BCUT2D eigenvalue weighted by Crippen LogP contribution is 2.37. The molecule has 1 fully saturated rings. The Morgan fingerprint density at radius 3 is 2.88 bits per heavy atom. The topological polar surface area (TPSA) is 84.2 Å². The minimum Gasteiger partial charge on any atom is -0.348 e. The van der Waals surface area contributed by atoms with Gasteiger partial charge in [0.05, 0.1) is 4.92 Å². The zero-order chi connectivity index (χ0) is 18.0. The van der Waals surface area contributed by atoms with Crippen LogP contribution in [-0.2, 0) is 0 Å². The number of hydrogen-bond donors (Lipinski definition) is 1. The molecule has 132 valence electrons. The van der Waals surface area contributed by atoms with Crippen molar-refractivity contribution in [1.82, 2.24) is 9.97 Å². The lowest BCUT2D eigenvalue weighted by Gasteiger charge is -2.33. The van der Waals surface area contributed by atoms with Gasteiger partial charge in [-0.2, -0.15) is 0 Å². The first-order valence-electron chi connectivity index (χ1n) is 8.27. The summed E-state index contributed by atoms with van der Waals surface area (Å²) in [5, 5.41) is 15.4. The van der Waals surface area contributed by atoms with Gasteiger partial charge in [-0.15, -0.1) is 0 Å². The Kier molecular flexibility index (Phi) is 5.03.